The minimum absolute atomic E-state index is 0.0649. The molecule has 1 aliphatic heterocycles. The lowest BCUT2D eigenvalue weighted by Gasteiger charge is -2.36. The number of carbonyl (C=O) groups excluding carboxylic acids is 1. The molecule has 1 unspecified atom stereocenters. The van der Waals surface area contributed by atoms with E-state index in [0.717, 1.165) is 35.7 Å². The fourth-order valence-corrected chi connectivity index (χ4v) is 7.33. The molecule has 1 heterocycles. The number of hydrogen-bond donors (Lipinski definition) is 0. The van der Waals surface area contributed by atoms with Crippen LogP contribution >= 0.6 is 0 Å². The van der Waals surface area contributed by atoms with Crippen LogP contribution < -0.4 is 10.1 Å². The molecule has 3 nitrogen and oxygen atoms in total. The molecule has 4 heteroatoms. The number of allylic oxidation sites excluding steroid dienone is 5. The number of carbonyl (C=O) groups is 1. The predicted octanol–water partition coefficient (Wildman–Crippen LogP) is 3.70. The number of fused-ring (bicyclic) bond motifs is 2. The SMILES string of the molecule is C=CC[Si]1(C)C2=CC(=O)C=CC2=Nc2ccc(N(CC)CC)cc21. The zero-order valence-corrected chi connectivity index (χ0v) is 15.7. The van der Waals surface area contributed by atoms with Crippen LogP contribution in [0.1, 0.15) is 13.8 Å². The average Bonchev–Trinajstić information content (AvgIpc) is 2.58. The van der Waals surface area contributed by atoms with Crippen molar-refractivity contribution in [1.82, 2.24) is 0 Å². The zero-order chi connectivity index (χ0) is 17.3. The third-order valence-corrected chi connectivity index (χ3v) is 9.34. The molecule has 24 heavy (non-hydrogen) atoms. The summed E-state index contributed by atoms with van der Waals surface area (Å²) in [6.45, 7) is 12.6. The summed E-state index contributed by atoms with van der Waals surface area (Å²) in [6.07, 6.45) is 7.27. The molecule has 1 aromatic carbocycles. The molecule has 3 rings (SSSR count). The van der Waals surface area contributed by atoms with Crippen molar-refractivity contribution in [1.29, 1.82) is 0 Å². The smallest absolute Gasteiger partial charge is 0.178 e. The van der Waals surface area contributed by atoms with Gasteiger partial charge in [-0.2, -0.15) is 0 Å². The van der Waals surface area contributed by atoms with E-state index in [2.05, 4.69) is 50.1 Å². The molecule has 1 atom stereocenters. The van der Waals surface area contributed by atoms with E-state index >= 15 is 0 Å². The van der Waals surface area contributed by atoms with Crippen LogP contribution in [-0.4, -0.2) is 32.7 Å². The number of benzene rings is 1. The molecular formula is C20H24N2OSi. The Morgan fingerprint density at radius 2 is 2.00 bits per heavy atom. The number of hydrogen-bond acceptors (Lipinski definition) is 3. The van der Waals surface area contributed by atoms with Crippen LogP contribution in [-0.2, 0) is 4.79 Å². The molecular weight excluding hydrogens is 312 g/mol. The Labute approximate surface area is 145 Å². The van der Waals surface area contributed by atoms with Crippen LogP contribution in [0, 0.1) is 0 Å². The van der Waals surface area contributed by atoms with Gasteiger partial charge in [0.15, 0.2) is 5.78 Å². The molecule has 0 amide bonds. The lowest BCUT2D eigenvalue weighted by molar-refractivity contribution is -0.110. The van der Waals surface area contributed by atoms with E-state index in [-0.39, 0.29) is 5.78 Å². The van der Waals surface area contributed by atoms with Crippen LogP contribution in [0.25, 0.3) is 0 Å². The molecule has 124 valence electrons. The molecule has 0 saturated carbocycles. The van der Waals surface area contributed by atoms with Crippen LogP contribution in [0.3, 0.4) is 0 Å². The van der Waals surface area contributed by atoms with E-state index in [4.69, 9.17) is 4.99 Å². The van der Waals surface area contributed by atoms with Gasteiger partial charge in [-0.15, -0.1) is 6.58 Å². The highest BCUT2D eigenvalue weighted by atomic mass is 28.3. The van der Waals surface area contributed by atoms with Crippen LogP contribution in [0.4, 0.5) is 11.4 Å². The van der Waals surface area contributed by atoms with E-state index in [0.29, 0.717) is 0 Å². The topological polar surface area (TPSA) is 32.7 Å². The van der Waals surface area contributed by atoms with Gasteiger partial charge in [-0.1, -0.05) is 12.6 Å². The lowest BCUT2D eigenvalue weighted by atomic mass is 10.1. The second-order valence-corrected chi connectivity index (χ2v) is 10.6. The second-order valence-electron chi connectivity index (χ2n) is 6.49. The largest absolute Gasteiger partial charge is 0.372 e. The summed E-state index contributed by atoms with van der Waals surface area (Å²) < 4.78 is 0. The van der Waals surface area contributed by atoms with Crippen molar-refractivity contribution in [2.75, 3.05) is 18.0 Å². The summed E-state index contributed by atoms with van der Waals surface area (Å²) in [6, 6.07) is 7.49. The maximum atomic E-state index is 12.0. The Balaban J connectivity index is 2.21. The molecule has 2 aliphatic rings. The predicted molar refractivity (Wildman–Crippen MR) is 106 cm³/mol. The standard InChI is InChI=1S/C20H24N2OSi/c1-5-12-24(4)19-13-15(22(6-2)7-3)8-10-17(19)21-18-11-9-16(23)14-20(18)24/h5,8-11,13-14H,1,6-7,12H2,2-4H3. The summed E-state index contributed by atoms with van der Waals surface area (Å²) in [5.74, 6) is 0.0649. The van der Waals surface area contributed by atoms with Crippen molar-refractivity contribution in [3.8, 4) is 0 Å². The minimum Gasteiger partial charge on any atom is -0.372 e. The zero-order valence-electron chi connectivity index (χ0n) is 14.7. The average molecular weight is 337 g/mol. The number of ketones is 1. The third-order valence-electron chi connectivity index (χ3n) is 5.06. The van der Waals surface area contributed by atoms with E-state index in [1.807, 2.05) is 12.2 Å². The highest BCUT2D eigenvalue weighted by molar-refractivity contribution is 7.02. The maximum absolute atomic E-state index is 12.0. The van der Waals surface area contributed by atoms with Gasteiger partial charge in [-0.05, 0) is 66.7 Å². The monoisotopic (exact) mass is 336 g/mol. The Hall–Kier alpha value is -2.20. The first-order chi connectivity index (χ1) is 11.5. The van der Waals surface area contributed by atoms with Crippen molar-refractivity contribution < 1.29 is 4.79 Å². The van der Waals surface area contributed by atoms with Gasteiger partial charge in [0.05, 0.1) is 11.4 Å². The van der Waals surface area contributed by atoms with Gasteiger partial charge in [0.25, 0.3) is 0 Å². The molecule has 0 saturated heterocycles. The summed E-state index contributed by atoms with van der Waals surface area (Å²) in [5, 5.41) is 2.45. The van der Waals surface area contributed by atoms with Crippen molar-refractivity contribution in [2.24, 2.45) is 4.99 Å². The van der Waals surface area contributed by atoms with Crippen molar-refractivity contribution >= 4 is 36.1 Å². The quantitative estimate of drug-likeness (QED) is 0.467. The van der Waals surface area contributed by atoms with Gasteiger partial charge in [0.2, 0.25) is 0 Å². The first kappa shape index (κ1) is 16.6. The van der Waals surface area contributed by atoms with Gasteiger partial charge < -0.3 is 4.90 Å². The summed E-state index contributed by atoms with van der Waals surface area (Å²) in [4.78, 5) is 19.1. The summed E-state index contributed by atoms with van der Waals surface area (Å²) in [7, 11) is -2.05. The van der Waals surface area contributed by atoms with Gasteiger partial charge in [-0.3, -0.25) is 4.79 Å². The normalized spacial score (nSPS) is 21.5. The van der Waals surface area contributed by atoms with Gasteiger partial charge in [-0.25, -0.2) is 4.99 Å². The Kier molecular flexibility index (Phi) is 4.41. The molecule has 1 aliphatic carbocycles. The number of aliphatic imine (C=N–C) groups is 1. The Morgan fingerprint density at radius 3 is 2.67 bits per heavy atom. The lowest BCUT2D eigenvalue weighted by Crippen LogP contribution is -2.51. The van der Waals surface area contributed by atoms with E-state index in [1.165, 1.54) is 10.9 Å². The number of rotatable bonds is 5. The first-order valence-corrected chi connectivity index (χ1v) is 11.3. The van der Waals surface area contributed by atoms with Gasteiger partial charge in [0.1, 0.15) is 8.07 Å². The summed E-state index contributed by atoms with van der Waals surface area (Å²) >= 11 is 0. The number of anilines is 1. The minimum atomic E-state index is -2.05. The van der Waals surface area contributed by atoms with Crippen LogP contribution in [0.2, 0.25) is 12.6 Å². The molecule has 0 bridgehead atoms. The fraction of sp³-hybridized carbons (Fsp3) is 0.300. The van der Waals surface area contributed by atoms with Crippen LogP contribution in [0.5, 0.6) is 0 Å². The molecule has 0 N–H and O–H groups in total. The molecule has 0 aromatic heterocycles. The highest BCUT2D eigenvalue weighted by Gasteiger charge is 2.40. The first-order valence-electron chi connectivity index (χ1n) is 8.57. The van der Waals surface area contributed by atoms with Crippen LogP contribution in [0.15, 0.2) is 59.3 Å². The number of nitrogens with zero attached hydrogens (tertiary/aromatic N) is 2. The molecule has 0 spiro atoms. The van der Waals surface area contributed by atoms with Crippen molar-refractivity contribution in [2.45, 2.75) is 26.4 Å². The second kappa shape index (κ2) is 6.36. The molecule has 0 radical (unpaired) electrons. The maximum Gasteiger partial charge on any atom is 0.178 e. The van der Waals surface area contributed by atoms with E-state index in [9.17, 15) is 4.79 Å². The Bertz CT molecular complexity index is 787. The Morgan fingerprint density at radius 1 is 1.25 bits per heavy atom. The fourth-order valence-electron chi connectivity index (χ4n) is 3.69. The van der Waals surface area contributed by atoms with Crippen molar-refractivity contribution in [3.63, 3.8) is 0 Å². The van der Waals surface area contributed by atoms with Gasteiger partial charge in [0, 0.05) is 18.8 Å². The summed E-state index contributed by atoms with van der Waals surface area (Å²) in [5.41, 5.74) is 3.24. The van der Waals surface area contributed by atoms with Gasteiger partial charge >= 0.3 is 0 Å². The molecule has 1 aromatic rings. The van der Waals surface area contributed by atoms with Crippen molar-refractivity contribution in [3.05, 3.63) is 54.3 Å². The van der Waals surface area contributed by atoms with E-state index < -0.39 is 8.07 Å². The third kappa shape index (κ3) is 2.61. The molecule has 0 fully saturated rings. The highest BCUT2D eigenvalue weighted by Crippen LogP contribution is 2.34. The van der Waals surface area contributed by atoms with E-state index in [1.54, 1.807) is 12.2 Å².